The molecular formula is C65H86O12. The van der Waals surface area contributed by atoms with Gasteiger partial charge in [0.1, 0.15) is 18.2 Å². The van der Waals surface area contributed by atoms with Crippen LogP contribution in [0.4, 0.5) is 0 Å². The molecule has 77 heavy (non-hydrogen) atoms. The molecule has 0 spiro atoms. The third-order valence-electron chi connectivity index (χ3n) is 20.6. The molecule has 4 aliphatic carbocycles. The fourth-order valence-electron chi connectivity index (χ4n) is 15.5. The zero-order valence-electron chi connectivity index (χ0n) is 47.1. The summed E-state index contributed by atoms with van der Waals surface area (Å²) < 4.78 is 44.8. The molecule has 0 bridgehead atoms. The lowest BCUT2D eigenvalue weighted by atomic mass is 9.44. The average molecular weight is 1060 g/mol. The third-order valence-corrected chi connectivity index (χ3v) is 20.6. The van der Waals surface area contributed by atoms with E-state index >= 15 is 0 Å². The van der Waals surface area contributed by atoms with Gasteiger partial charge in [0.2, 0.25) is 0 Å². The number of hydrogen-bond donors (Lipinski definition) is 0. The van der Waals surface area contributed by atoms with Crippen LogP contribution in [-0.4, -0.2) is 85.8 Å². The molecule has 3 aromatic rings. The molecule has 0 radical (unpaired) electrons. The van der Waals surface area contributed by atoms with Gasteiger partial charge in [0.05, 0.1) is 41.6 Å². The Labute approximate surface area is 457 Å². The van der Waals surface area contributed by atoms with Crippen molar-refractivity contribution in [3.8, 4) is 0 Å². The highest BCUT2D eigenvalue weighted by atomic mass is 16.7. The van der Waals surface area contributed by atoms with Gasteiger partial charge in [0.15, 0.2) is 24.8 Å². The zero-order valence-corrected chi connectivity index (χ0v) is 47.1. The number of fused-ring (bicyclic) bond motifs is 5. The van der Waals surface area contributed by atoms with Crippen LogP contribution in [0.5, 0.6) is 0 Å². The van der Waals surface area contributed by atoms with E-state index in [0.29, 0.717) is 60.3 Å². The van der Waals surface area contributed by atoms with E-state index in [1.165, 1.54) is 0 Å². The van der Waals surface area contributed by atoms with Crippen molar-refractivity contribution in [2.45, 2.75) is 176 Å². The lowest BCUT2D eigenvalue weighted by Gasteiger charge is -2.61. The molecule has 4 saturated carbocycles. The summed E-state index contributed by atoms with van der Waals surface area (Å²) in [5.41, 5.74) is 1.26. The van der Waals surface area contributed by atoms with Crippen LogP contribution in [0, 0.1) is 75.9 Å². The molecule has 2 aliphatic heterocycles. The van der Waals surface area contributed by atoms with Crippen LogP contribution in [0.1, 0.15) is 164 Å². The van der Waals surface area contributed by atoms with Gasteiger partial charge in [-0.15, -0.1) is 0 Å². The first-order valence-electron chi connectivity index (χ1n) is 29.3. The summed E-state index contributed by atoms with van der Waals surface area (Å²) in [5.74, 6) is 0.0379. The van der Waals surface area contributed by atoms with Crippen LogP contribution in [0.15, 0.2) is 91.0 Å². The summed E-state index contributed by atoms with van der Waals surface area (Å²) in [6.07, 6.45) is 5.69. The smallest absolute Gasteiger partial charge is 0.338 e. The number of Topliss-reactive ketones (excluding diaryl/α,β-unsaturated/α-hetero) is 2. The van der Waals surface area contributed by atoms with E-state index < -0.39 is 48.8 Å². The fraction of sp³-hybridized carbons (Fsp3) is 0.646. The number of rotatable bonds is 18. The Kier molecular flexibility index (Phi) is 18.0. The maximum absolute atomic E-state index is 14.3. The van der Waals surface area contributed by atoms with Crippen LogP contribution in [-0.2, 0) is 42.7 Å². The lowest BCUT2D eigenvalue weighted by molar-refractivity contribution is -0.294. The monoisotopic (exact) mass is 1060 g/mol. The molecule has 0 aromatic heterocycles. The molecular weight excluding hydrogens is 973 g/mol. The van der Waals surface area contributed by atoms with Crippen molar-refractivity contribution in [2.75, 3.05) is 13.2 Å². The maximum atomic E-state index is 14.3. The number of benzene rings is 3. The first-order chi connectivity index (χ1) is 36.9. The van der Waals surface area contributed by atoms with Gasteiger partial charge in [0.25, 0.3) is 0 Å². The van der Waals surface area contributed by atoms with E-state index in [0.717, 1.165) is 51.4 Å². The second-order valence-electron chi connectivity index (χ2n) is 25.0. The molecule has 0 N–H and O–H groups in total. The quantitative estimate of drug-likeness (QED) is 0.0678. The van der Waals surface area contributed by atoms with Gasteiger partial charge >= 0.3 is 17.9 Å². The molecule has 6 aliphatic rings. The topological polar surface area (TPSA) is 150 Å². The molecule has 20 atom stereocenters. The molecule has 12 heteroatoms. The van der Waals surface area contributed by atoms with E-state index in [9.17, 15) is 24.0 Å². The Morgan fingerprint density at radius 3 is 1.79 bits per heavy atom. The van der Waals surface area contributed by atoms with Crippen LogP contribution in [0.3, 0.4) is 0 Å². The minimum atomic E-state index is -0.845. The largest absolute Gasteiger partial charge is 0.459 e. The zero-order chi connectivity index (χ0) is 54.8. The first-order valence-corrected chi connectivity index (χ1v) is 29.3. The standard InChI is InChI=1S/C65H86O12/c1-10-54-39(3)41(5)57(76-60(69)45-22-16-12-17-23-45)62(74-54)72-36-38(2)26-29-52(66)43(7)56-53(67)35-51-49-28-27-47-34-48(30-32-64(47,8)50(49)31-33-65(51,56)9)73-63-58(77-61(70)46-24-18-13-19-25-46)42(6)40(4)55(75-63)37-71-59(68)44-20-14-11-15-21-44/h11-25,38-43,47-51,54-58,62-63H,10,26-37H2,1-9H3/t38-,39+,40+,41-,42-,43+,47?,48?,49?,50?,51?,54?,55?,56?,57?,58?,62+,63+,64?,65?/m0/s1. The van der Waals surface area contributed by atoms with Gasteiger partial charge in [-0.2, -0.15) is 0 Å². The summed E-state index contributed by atoms with van der Waals surface area (Å²) in [4.78, 5) is 68.4. The van der Waals surface area contributed by atoms with Crippen molar-refractivity contribution < 1.29 is 57.1 Å². The number of ketones is 2. The molecule has 418 valence electrons. The second kappa shape index (κ2) is 24.3. The van der Waals surface area contributed by atoms with E-state index in [1.54, 1.807) is 48.5 Å². The van der Waals surface area contributed by atoms with Gasteiger partial charge in [0, 0.05) is 36.5 Å². The highest BCUT2D eigenvalue weighted by Crippen LogP contribution is 2.68. The van der Waals surface area contributed by atoms with Crippen LogP contribution >= 0.6 is 0 Å². The predicted molar refractivity (Wildman–Crippen MR) is 291 cm³/mol. The average Bonchev–Trinajstić information content (AvgIpc) is 3.75. The first kappa shape index (κ1) is 57.0. The maximum Gasteiger partial charge on any atom is 0.338 e. The van der Waals surface area contributed by atoms with Gasteiger partial charge in [-0.25, -0.2) is 14.4 Å². The number of carbonyl (C=O) groups is 5. The van der Waals surface area contributed by atoms with E-state index in [1.807, 2.05) is 56.3 Å². The summed E-state index contributed by atoms with van der Waals surface area (Å²) in [6.45, 7) is 19.7. The van der Waals surface area contributed by atoms with E-state index in [-0.39, 0.29) is 88.6 Å². The summed E-state index contributed by atoms with van der Waals surface area (Å²) in [6, 6.07) is 26.9. The molecule has 6 fully saturated rings. The molecule has 0 amide bonds. The highest BCUT2D eigenvalue weighted by molar-refractivity contribution is 5.92. The van der Waals surface area contributed by atoms with Gasteiger partial charge in [-0.3, -0.25) is 9.59 Å². The molecule has 2 heterocycles. The summed E-state index contributed by atoms with van der Waals surface area (Å²) in [7, 11) is 0. The molecule has 12 nitrogen and oxygen atoms in total. The van der Waals surface area contributed by atoms with Crippen molar-refractivity contribution in [1.82, 2.24) is 0 Å². The normalized spacial score (nSPS) is 37.5. The highest BCUT2D eigenvalue weighted by Gasteiger charge is 2.64. The van der Waals surface area contributed by atoms with Gasteiger partial charge in [-0.05, 0) is 146 Å². The molecule has 12 unspecified atom stereocenters. The molecule has 9 rings (SSSR count). The van der Waals surface area contributed by atoms with Crippen LogP contribution in [0.25, 0.3) is 0 Å². The predicted octanol–water partition coefficient (Wildman–Crippen LogP) is 12.6. The van der Waals surface area contributed by atoms with Crippen LogP contribution in [0.2, 0.25) is 0 Å². The number of ether oxygens (including phenoxy) is 7. The lowest BCUT2D eigenvalue weighted by Crippen LogP contribution is -2.56. The fourth-order valence-corrected chi connectivity index (χ4v) is 15.5. The number of carbonyl (C=O) groups excluding carboxylic acids is 5. The van der Waals surface area contributed by atoms with Gasteiger partial charge in [-0.1, -0.05) is 117 Å². The minimum absolute atomic E-state index is 0.0213. The Morgan fingerprint density at radius 2 is 1.19 bits per heavy atom. The van der Waals surface area contributed by atoms with Crippen molar-refractivity contribution in [3.05, 3.63) is 108 Å². The third kappa shape index (κ3) is 11.9. The minimum Gasteiger partial charge on any atom is -0.459 e. The molecule has 3 aromatic carbocycles. The SMILES string of the molecule is CCC1O[C@@H](OC[C@@H](C)CCC(=O)[C@@H](C)C2C(=O)CC3C4CCC5CC(O[C@@H]6OC(COC(=O)c7ccccc7)[C@H](C)[C@H](C)C6OC(=O)c6ccccc6)CCC5(C)C4CCC32C)C(OC(=O)c2ccccc2)[C@@H](C)[C@H]1C. The van der Waals surface area contributed by atoms with Crippen molar-refractivity contribution in [1.29, 1.82) is 0 Å². The van der Waals surface area contributed by atoms with Gasteiger partial charge < -0.3 is 33.2 Å². The Balaban J connectivity index is 0.802. The van der Waals surface area contributed by atoms with E-state index in [2.05, 4.69) is 48.5 Å². The van der Waals surface area contributed by atoms with Crippen molar-refractivity contribution in [2.24, 2.45) is 75.9 Å². The van der Waals surface area contributed by atoms with Crippen molar-refractivity contribution >= 4 is 29.5 Å². The summed E-state index contributed by atoms with van der Waals surface area (Å²) >= 11 is 0. The Morgan fingerprint density at radius 1 is 0.649 bits per heavy atom. The van der Waals surface area contributed by atoms with Crippen molar-refractivity contribution in [3.63, 3.8) is 0 Å². The Hall–Kier alpha value is -4.75. The van der Waals surface area contributed by atoms with Crippen LogP contribution < -0.4 is 0 Å². The summed E-state index contributed by atoms with van der Waals surface area (Å²) in [5, 5.41) is 0. The second-order valence-corrected chi connectivity index (χ2v) is 25.0. The molecule has 2 saturated heterocycles. The number of hydrogen-bond acceptors (Lipinski definition) is 12. The Bertz CT molecular complexity index is 2500. The number of esters is 3. The van der Waals surface area contributed by atoms with E-state index in [4.69, 9.17) is 33.2 Å².